The fourth-order valence-corrected chi connectivity index (χ4v) is 2.19. The molecule has 1 atom stereocenters. The van der Waals surface area contributed by atoms with Crippen LogP contribution in [0.15, 0.2) is 5.38 Å². The van der Waals surface area contributed by atoms with E-state index in [0.717, 1.165) is 10.8 Å². The van der Waals surface area contributed by atoms with Gasteiger partial charge in [-0.1, -0.05) is 0 Å². The van der Waals surface area contributed by atoms with E-state index in [1.165, 1.54) is 5.69 Å². The monoisotopic (exact) mass is 205 g/mol. The van der Waals surface area contributed by atoms with Gasteiger partial charge in [0.2, 0.25) is 0 Å². The van der Waals surface area contributed by atoms with E-state index in [-0.39, 0.29) is 0 Å². The number of hydrogen-bond acceptors (Lipinski definition) is 4. The van der Waals surface area contributed by atoms with Crippen LogP contribution in [-0.4, -0.2) is 11.2 Å². The highest BCUT2D eigenvalue weighted by Crippen LogP contribution is 2.26. The quantitative estimate of drug-likeness (QED) is 0.762. The minimum atomic E-state index is 0.514. The summed E-state index contributed by atoms with van der Waals surface area (Å²) in [4.78, 5) is 4.42. The van der Waals surface area contributed by atoms with Crippen LogP contribution in [0.1, 0.15) is 22.9 Å². The second kappa shape index (κ2) is 4.38. The van der Waals surface area contributed by atoms with Crippen molar-refractivity contribution in [3.63, 3.8) is 0 Å². The van der Waals surface area contributed by atoms with Crippen molar-refractivity contribution >= 4 is 35.7 Å². The predicted molar refractivity (Wildman–Crippen MR) is 56.7 cm³/mol. The number of thiol groups is 1. The van der Waals surface area contributed by atoms with Crippen molar-refractivity contribution in [1.29, 1.82) is 0 Å². The summed E-state index contributed by atoms with van der Waals surface area (Å²) in [6, 6.07) is 0. The number of thioether (sulfide) groups is 1. The molecule has 1 rings (SSSR count). The van der Waals surface area contributed by atoms with Gasteiger partial charge in [0, 0.05) is 16.4 Å². The van der Waals surface area contributed by atoms with Gasteiger partial charge in [-0.3, -0.25) is 0 Å². The van der Waals surface area contributed by atoms with Gasteiger partial charge in [0.05, 0.1) is 5.69 Å². The second-order valence-corrected chi connectivity index (χ2v) is 4.64. The molecule has 1 aromatic rings. The maximum absolute atomic E-state index is 4.42. The molecular formula is C7H11NS3. The summed E-state index contributed by atoms with van der Waals surface area (Å²) in [6.07, 6.45) is 2.10. The van der Waals surface area contributed by atoms with Crippen molar-refractivity contribution in [3.05, 3.63) is 16.1 Å². The number of nitrogens with zero attached hydrogens (tertiary/aromatic N) is 1. The molecule has 1 aromatic heterocycles. The molecule has 0 bridgehead atoms. The summed E-state index contributed by atoms with van der Waals surface area (Å²) < 4.78 is 0. The van der Waals surface area contributed by atoms with Crippen molar-refractivity contribution in [1.82, 2.24) is 4.98 Å². The summed E-state index contributed by atoms with van der Waals surface area (Å²) in [6.45, 7) is 2.17. The molecule has 1 heterocycles. The molecule has 0 saturated carbocycles. The van der Waals surface area contributed by atoms with Crippen LogP contribution in [0.5, 0.6) is 0 Å². The van der Waals surface area contributed by atoms with Crippen LogP contribution in [-0.2, 0) is 5.75 Å². The van der Waals surface area contributed by atoms with Gasteiger partial charge in [0.15, 0.2) is 0 Å². The van der Waals surface area contributed by atoms with Gasteiger partial charge in [-0.15, -0.1) is 11.3 Å². The fraction of sp³-hybridized carbons (Fsp3) is 0.571. The number of hydrogen-bond donors (Lipinski definition) is 1. The zero-order chi connectivity index (χ0) is 8.27. The lowest BCUT2D eigenvalue weighted by atomic mass is 10.4. The molecular weight excluding hydrogens is 194 g/mol. The first-order valence-corrected chi connectivity index (χ1v) is 6.16. The molecule has 0 aromatic carbocycles. The van der Waals surface area contributed by atoms with Crippen molar-refractivity contribution in [3.8, 4) is 0 Å². The second-order valence-electron chi connectivity index (χ2n) is 2.20. The minimum absolute atomic E-state index is 0.514. The smallest absolute Gasteiger partial charge is 0.103 e. The summed E-state index contributed by atoms with van der Waals surface area (Å²) in [5, 5.41) is 3.75. The standard InChI is InChI=1S/C7H11NS3/c1-5(10-2)6-4-11-7(3-9)8-6/h4-5,9H,3H2,1-2H3. The van der Waals surface area contributed by atoms with E-state index < -0.39 is 0 Å². The van der Waals surface area contributed by atoms with E-state index in [0.29, 0.717) is 5.25 Å². The first-order valence-electron chi connectivity index (χ1n) is 3.36. The number of thiazole rings is 1. The van der Waals surface area contributed by atoms with Crippen LogP contribution in [0.2, 0.25) is 0 Å². The largest absolute Gasteiger partial charge is 0.244 e. The highest BCUT2D eigenvalue weighted by Gasteiger charge is 2.06. The van der Waals surface area contributed by atoms with Crippen molar-refractivity contribution in [2.75, 3.05) is 6.26 Å². The lowest BCUT2D eigenvalue weighted by Crippen LogP contribution is -1.87. The van der Waals surface area contributed by atoms with Crippen LogP contribution in [0, 0.1) is 0 Å². The topological polar surface area (TPSA) is 12.9 Å². The average Bonchev–Trinajstić information content (AvgIpc) is 2.50. The Labute approximate surface area is 81.0 Å². The Kier molecular flexibility index (Phi) is 3.75. The molecule has 1 unspecified atom stereocenters. The van der Waals surface area contributed by atoms with Crippen LogP contribution in [0.4, 0.5) is 0 Å². The minimum Gasteiger partial charge on any atom is -0.244 e. The average molecular weight is 205 g/mol. The Bertz CT molecular complexity index is 221. The third kappa shape index (κ3) is 2.39. The van der Waals surface area contributed by atoms with Crippen molar-refractivity contribution < 1.29 is 0 Å². The van der Waals surface area contributed by atoms with E-state index in [4.69, 9.17) is 0 Å². The number of rotatable bonds is 3. The van der Waals surface area contributed by atoms with Gasteiger partial charge in [0.25, 0.3) is 0 Å². The van der Waals surface area contributed by atoms with E-state index in [2.05, 4.69) is 36.2 Å². The Morgan fingerprint density at radius 2 is 2.55 bits per heavy atom. The van der Waals surface area contributed by atoms with Crippen LogP contribution < -0.4 is 0 Å². The lowest BCUT2D eigenvalue weighted by molar-refractivity contribution is 1.02. The summed E-state index contributed by atoms with van der Waals surface area (Å²) in [7, 11) is 0. The highest BCUT2D eigenvalue weighted by atomic mass is 32.2. The molecule has 11 heavy (non-hydrogen) atoms. The van der Waals surface area contributed by atoms with Crippen LogP contribution >= 0.6 is 35.7 Å². The zero-order valence-corrected chi connectivity index (χ0v) is 9.10. The molecule has 0 N–H and O–H groups in total. The van der Waals surface area contributed by atoms with Gasteiger partial charge in [-0.05, 0) is 13.2 Å². The number of aromatic nitrogens is 1. The molecule has 1 nitrogen and oxygen atoms in total. The Morgan fingerprint density at radius 3 is 3.00 bits per heavy atom. The van der Waals surface area contributed by atoms with Crippen LogP contribution in [0.25, 0.3) is 0 Å². The Morgan fingerprint density at radius 1 is 1.82 bits per heavy atom. The molecule has 62 valence electrons. The normalized spacial score (nSPS) is 13.4. The molecule has 0 radical (unpaired) electrons. The molecule has 0 aliphatic heterocycles. The molecule has 0 saturated heterocycles. The summed E-state index contributed by atoms with van der Waals surface area (Å²) >= 11 is 7.68. The first kappa shape index (κ1) is 9.42. The van der Waals surface area contributed by atoms with Gasteiger partial charge in [-0.25, -0.2) is 4.98 Å². The molecule has 4 heteroatoms. The SMILES string of the molecule is CSC(C)c1csc(CS)n1. The lowest BCUT2D eigenvalue weighted by Gasteiger charge is -2.01. The van der Waals surface area contributed by atoms with Crippen molar-refractivity contribution in [2.45, 2.75) is 17.9 Å². The fourth-order valence-electron chi connectivity index (χ4n) is 0.705. The third-order valence-corrected chi connectivity index (χ3v) is 3.80. The van der Waals surface area contributed by atoms with Crippen molar-refractivity contribution in [2.24, 2.45) is 0 Å². The molecule has 0 aliphatic carbocycles. The zero-order valence-electron chi connectivity index (χ0n) is 6.57. The highest BCUT2D eigenvalue weighted by molar-refractivity contribution is 7.98. The molecule has 0 spiro atoms. The van der Waals surface area contributed by atoms with Gasteiger partial charge in [-0.2, -0.15) is 24.4 Å². The van der Waals surface area contributed by atoms with Gasteiger partial charge in [0.1, 0.15) is 5.01 Å². The molecule has 0 aliphatic rings. The van der Waals surface area contributed by atoms with E-state index in [9.17, 15) is 0 Å². The van der Waals surface area contributed by atoms with Crippen LogP contribution in [0.3, 0.4) is 0 Å². The Balaban J connectivity index is 2.71. The molecule has 0 amide bonds. The third-order valence-electron chi connectivity index (χ3n) is 1.47. The molecule has 0 fully saturated rings. The van der Waals surface area contributed by atoms with Gasteiger partial charge >= 0.3 is 0 Å². The first-order chi connectivity index (χ1) is 5.27. The Hall–Kier alpha value is 0.330. The van der Waals surface area contributed by atoms with E-state index in [1.54, 1.807) is 11.3 Å². The maximum atomic E-state index is 4.42. The summed E-state index contributed by atoms with van der Waals surface area (Å²) in [5.74, 6) is 0.756. The van der Waals surface area contributed by atoms with E-state index >= 15 is 0 Å². The van der Waals surface area contributed by atoms with E-state index in [1.807, 2.05) is 11.8 Å². The van der Waals surface area contributed by atoms with Gasteiger partial charge < -0.3 is 0 Å². The maximum Gasteiger partial charge on any atom is 0.103 e. The summed E-state index contributed by atoms with van der Waals surface area (Å²) in [5.41, 5.74) is 1.19. The predicted octanol–water partition coefficient (Wildman–Crippen LogP) is 3.00.